The van der Waals surface area contributed by atoms with Crippen LogP contribution in [0.3, 0.4) is 0 Å². The molecule has 0 bridgehead atoms. The Hall–Kier alpha value is -3.03. The molecule has 1 fully saturated rings. The van der Waals surface area contributed by atoms with Crippen LogP contribution in [0.5, 0.6) is 0 Å². The number of aromatic nitrogens is 3. The molecule has 2 aliphatic carbocycles. The maximum absolute atomic E-state index is 13.4. The molecule has 3 amide bonds. The molecule has 1 saturated carbocycles. The van der Waals surface area contributed by atoms with E-state index in [4.69, 9.17) is 0 Å². The van der Waals surface area contributed by atoms with Crippen LogP contribution in [0.4, 0.5) is 9.18 Å². The number of carbonyl (C=O) groups is 2. The molecule has 34 heavy (non-hydrogen) atoms. The van der Waals surface area contributed by atoms with Gasteiger partial charge < -0.3 is 0 Å². The van der Waals surface area contributed by atoms with E-state index >= 15 is 0 Å². The van der Waals surface area contributed by atoms with Gasteiger partial charge in [-0.05, 0) is 36.5 Å². The summed E-state index contributed by atoms with van der Waals surface area (Å²) in [5, 5.41) is 4.71. The van der Waals surface area contributed by atoms with Gasteiger partial charge in [-0.1, -0.05) is 6.08 Å². The lowest BCUT2D eigenvalue weighted by Gasteiger charge is -2.26. The first kappa shape index (κ1) is 22.7. The Morgan fingerprint density at radius 3 is 2.71 bits per heavy atom. The summed E-state index contributed by atoms with van der Waals surface area (Å²) in [6, 6.07) is -0.523. The van der Waals surface area contributed by atoms with E-state index in [0.29, 0.717) is 24.1 Å². The smallest absolute Gasteiger partial charge is 0.275 e. The number of aryl methyl sites for hydroxylation is 1. The number of rotatable bonds is 8. The predicted octanol–water partition coefficient (Wildman–Crippen LogP) is 1.28. The summed E-state index contributed by atoms with van der Waals surface area (Å²) in [5.41, 5.74) is 0.813. The Balaban J connectivity index is 1.53. The molecule has 2 aromatic rings. The van der Waals surface area contributed by atoms with Gasteiger partial charge in [0.15, 0.2) is 0 Å². The molecule has 5 rings (SSSR count). The van der Waals surface area contributed by atoms with Gasteiger partial charge in [0.25, 0.3) is 0 Å². The summed E-state index contributed by atoms with van der Waals surface area (Å²) in [5.74, 6) is -0.597. The number of sulfonamides is 1. The summed E-state index contributed by atoms with van der Waals surface area (Å²) < 4.78 is 48.7. The quantitative estimate of drug-likeness (QED) is 0.540. The monoisotopic (exact) mass is 505 g/mol. The van der Waals surface area contributed by atoms with Crippen LogP contribution in [0, 0.1) is 0 Å². The minimum Gasteiger partial charge on any atom is -0.275 e. The van der Waals surface area contributed by atoms with Gasteiger partial charge in [-0.3, -0.25) is 4.68 Å². The molecule has 0 spiro atoms. The Morgan fingerprint density at radius 1 is 1.29 bits per heavy atom. The third kappa shape index (κ3) is 4.14. The van der Waals surface area contributed by atoms with E-state index in [1.807, 2.05) is 0 Å². The van der Waals surface area contributed by atoms with E-state index < -0.39 is 39.4 Å². The van der Waals surface area contributed by atoms with E-state index in [2.05, 4.69) is 14.2 Å². The van der Waals surface area contributed by atoms with Crippen molar-refractivity contribution < 1.29 is 27.0 Å². The minimum atomic E-state index is -3.98. The second-order valence-corrected chi connectivity index (χ2v) is 11.2. The second kappa shape index (κ2) is 8.32. The molecule has 1 atom stereocenters. The number of nitrogens with zero attached hydrogens (tertiary/aromatic N) is 5. The van der Waals surface area contributed by atoms with Crippen molar-refractivity contribution in [2.75, 3.05) is 6.67 Å². The Labute approximate surface area is 199 Å². The van der Waals surface area contributed by atoms with Gasteiger partial charge in [0.1, 0.15) is 36.3 Å². The molecule has 0 saturated heterocycles. The van der Waals surface area contributed by atoms with Crippen molar-refractivity contribution in [3.05, 3.63) is 58.9 Å². The number of amides is 3. The first-order chi connectivity index (χ1) is 16.2. The predicted molar refractivity (Wildman–Crippen MR) is 121 cm³/mol. The fraction of sp³-hybridized carbons (Fsp3) is 0.381. The van der Waals surface area contributed by atoms with Gasteiger partial charge in [0.2, 0.25) is 10.0 Å². The molecule has 10 nitrogen and oxygen atoms in total. The molecule has 0 radical (unpaired) electrons. The Morgan fingerprint density at radius 2 is 2.09 bits per heavy atom. The van der Waals surface area contributed by atoms with E-state index in [0.717, 1.165) is 10.5 Å². The fourth-order valence-corrected chi connectivity index (χ4v) is 6.10. The van der Waals surface area contributed by atoms with Gasteiger partial charge in [0.05, 0.1) is 11.7 Å². The maximum atomic E-state index is 13.4. The Kier molecular flexibility index (Phi) is 5.57. The number of hydrogen-bond donors (Lipinski definition) is 1. The van der Waals surface area contributed by atoms with E-state index in [9.17, 15) is 22.4 Å². The first-order valence-corrected chi connectivity index (χ1v) is 12.9. The number of carbonyl (C=O) groups excluding carboxylic acids is 2. The number of fused-ring (bicyclic) bond motifs is 1. The van der Waals surface area contributed by atoms with Crippen LogP contribution in [-0.4, -0.2) is 67.2 Å². The second-order valence-electron chi connectivity index (χ2n) is 8.67. The van der Waals surface area contributed by atoms with Gasteiger partial charge in [-0.25, -0.2) is 26.7 Å². The molecular weight excluding hydrogens is 483 g/mol. The lowest BCUT2D eigenvalue weighted by Crippen LogP contribution is -2.51. The van der Waals surface area contributed by atoms with Crippen molar-refractivity contribution in [1.82, 2.24) is 23.8 Å². The first-order valence-electron chi connectivity index (χ1n) is 10.6. The molecule has 1 aliphatic heterocycles. The number of alkyl halides is 1. The molecule has 13 heteroatoms. The van der Waals surface area contributed by atoms with Crippen molar-refractivity contribution >= 4 is 39.2 Å². The molecule has 2 aromatic heterocycles. The lowest BCUT2D eigenvalue weighted by molar-refractivity contribution is -0.453. The highest BCUT2D eigenvalue weighted by atomic mass is 32.2. The number of allylic oxidation sites excluding steroid dienone is 1. The summed E-state index contributed by atoms with van der Waals surface area (Å²) in [6.45, 7) is -0.631. The zero-order chi connectivity index (χ0) is 24.1. The highest BCUT2D eigenvalue weighted by Gasteiger charge is 2.49. The van der Waals surface area contributed by atoms with Crippen molar-refractivity contribution in [2.45, 2.75) is 36.7 Å². The van der Waals surface area contributed by atoms with Crippen LogP contribution >= 0.6 is 11.5 Å². The minimum absolute atomic E-state index is 0.0150. The molecule has 1 N–H and O–H groups in total. The average molecular weight is 506 g/mol. The summed E-state index contributed by atoms with van der Waals surface area (Å²) in [4.78, 5) is 27.8. The van der Waals surface area contributed by atoms with Crippen molar-refractivity contribution in [3.63, 3.8) is 0 Å². The summed E-state index contributed by atoms with van der Waals surface area (Å²) >= 11 is 1.24. The largest absolute Gasteiger partial charge is 0.502 e. The van der Waals surface area contributed by atoms with E-state index in [-0.39, 0.29) is 18.7 Å². The SMILES string of the molecule is Cn1cc(CN2C(=O)C3=CC(S(=O)(=O)NC4(CF)CC4)C=CC3=[N+](Cc3cnsc3)C2=O)cn1. The molecule has 3 aliphatic rings. The zero-order valence-electron chi connectivity index (χ0n) is 18.2. The van der Waals surface area contributed by atoms with Crippen LogP contribution in [0.15, 0.2) is 47.8 Å². The lowest BCUT2D eigenvalue weighted by atomic mass is 9.99. The zero-order valence-corrected chi connectivity index (χ0v) is 19.9. The van der Waals surface area contributed by atoms with Crippen LogP contribution in [0.1, 0.15) is 24.0 Å². The van der Waals surface area contributed by atoms with Crippen molar-refractivity contribution in [2.24, 2.45) is 7.05 Å². The van der Waals surface area contributed by atoms with Crippen molar-refractivity contribution in [1.29, 1.82) is 0 Å². The van der Waals surface area contributed by atoms with Gasteiger partial charge in [0, 0.05) is 35.9 Å². The maximum Gasteiger partial charge on any atom is 0.502 e. The van der Waals surface area contributed by atoms with Gasteiger partial charge >= 0.3 is 11.9 Å². The number of nitrogens with one attached hydrogen (secondary N) is 1. The average Bonchev–Trinajstić information content (AvgIpc) is 3.17. The summed E-state index contributed by atoms with van der Waals surface area (Å²) in [7, 11) is -2.25. The number of urea groups is 1. The topological polar surface area (TPSA) is 117 Å². The Bertz CT molecular complexity index is 1360. The van der Waals surface area contributed by atoms with Crippen LogP contribution < -0.4 is 4.72 Å². The van der Waals surface area contributed by atoms with Crippen LogP contribution in [0.2, 0.25) is 0 Å². The van der Waals surface area contributed by atoms with Gasteiger partial charge in [-0.2, -0.15) is 19.4 Å². The molecule has 3 heterocycles. The van der Waals surface area contributed by atoms with Crippen molar-refractivity contribution in [3.8, 4) is 0 Å². The fourth-order valence-electron chi connectivity index (χ4n) is 3.97. The van der Waals surface area contributed by atoms with E-state index in [1.54, 1.807) is 35.7 Å². The normalized spacial score (nSPS) is 21.6. The standard InChI is InChI=1S/C21H22FN6O4S2/c1-26-9-14(7-23-26)10-28-19(29)17-6-16(34(31,32)25-21(13-22)4-5-21)2-3-18(17)27(20(28)30)11-15-8-24-33-12-15/h2-3,6-9,12,16,25H,4-5,10-11,13H2,1H3/q+1. The third-order valence-electron chi connectivity index (χ3n) is 6.03. The summed E-state index contributed by atoms with van der Waals surface area (Å²) in [6.07, 6.45) is 9.98. The number of imide groups is 1. The number of halogens is 1. The van der Waals surface area contributed by atoms with Crippen LogP contribution in [0.25, 0.3) is 0 Å². The molecule has 1 unspecified atom stereocenters. The number of hydrogen-bond acceptors (Lipinski definition) is 7. The molecular formula is C21H22FN6O4S2+. The van der Waals surface area contributed by atoms with Crippen LogP contribution in [-0.2, 0) is 35.0 Å². The highest BCUT2D eigenvalue weighted by molar-refractivity contribution is 7.90. The van der Waals surface area contributed by atoms with E-state index in [1.165, 1.54) is 34.3 Å². The van der Waals surface area contributed by atoms with Gasteiger partial charge in [-0.15, -0.1) is 0 Å². The molecule has 178 valence electrons. The third-order valence-corrected chi connectivity index (χ3v) is 8.39. The highest BCUT2D eigenvalue weighted by Crippen LogP contribution is 2.37. The molecule has 0 aromatic carbocycles.